The van der Waals surface area contributed by atoms with Crippen molar-refractivity contribution in [1.29, 1.82) is 0 Å². The van der Waals surface area contributed by atoms with Gasteiger partial charge in [0, 0.05) is 45.5 Å². The van der Waals surface area contributed by atoms with Crippen molar-refractivity contribution >= 4 is 29.9 Å². The summed E-state index contributed by atoms with van der Waals surface area (Å²) in [5.74, 6) is 0.435. The summed E-state index contributed by atoms with van der Waals surface area (Å²) in [6, 6.07) is 1.70. The number of alkyl halides is 3. The standard InChI is InChI=1S/C13H17F3N6O.HI/c1-17-12(21(2)8-10-4-5-23-20-10)18-6-9-7-22(3)19-11(9)13(14,15)16;/h4-5,7H,6,8H2,1-3H3,(H,17,18);1H. The Balaban J connectivity index is 0.00000288. The second-order valence-electron chi connectivity index (χ2n) is 4.92. The number of aromatic nitrogens is 3. The lowest BCUT2D eigenvalue weighted by atomic mass is 10.2. The van der Waals surface area contributed by atoms with Gasteiger partial charge in [-0.05, 0) is 0 Å². The van der Waals surface area contributed by atoms with E-state index in [4.69, 9.17) is 4.52 Å². The zero-order valence-electron chi connectivity index (χ0n) is 13.3. The van der Waals surface area contributed by atoms with E-state index in [1.54, 1.807) is 25.1 Å². The third kappa shape index (κ3) is 5.11. The Bertz CT molecular complexity index is 668. The maximum Gasteiger partial charge on any atom is 0.435 e. The summed E-state index contributed by atoms with van der Waals surface area (Å²) >= 11 is 0. The second kappa shape index (κ2) is 8.35. The number of aryl methyl sites for hydroxylation is 1. The molecule has 0 radical (unpaired) electrons. The summed E-state index contributed by atoms with van der Waals surface area (Å²) in [6.45, 7) is 0.369. The zero-order chi connectivity index (χ0) is 17.0. The molecular weight excluding hydrogens is 440 g/mol. The Labute approximate surface area is 153 Å². The van der Waals surface area contributed by atoms with Gasteiger partial charge in [0.15, 0.2) is 11.7 Å². The molecule has 7 nitrogen and oxygen atoms in total. The summed E-state index contributed by atoms with van der Waals surface area (Å²) < 4.78 is 44.6. The van der Waals surface area contributed by atoms with Gasteiger partial charge in [0.1, 0.15) is 12.0 Å². The van der Waals surface area contributed by atoms with Crippen molar-refractivity contribution in [2.45, 2.75) is 19.3 Å². The minimum absolute atomic E-state index is 0. The van der Waals surface area contributed by atoms with Gasteiger partial charge in [-0.3, -0.25) is 9.67 Å². The highest BCUT2D eigenvalue weighted by Gasteiger charge is 2.36. The Morgan fingerprint density at radius 3 is 2.71 bits per heavy atom. The molecule has 0 spiro atoms. The van der Waals surface area contributed by atoms with Gasteiger partial charge in [-0.25, -0.2) is 0 Å². The second-order valence-corrected chi connectivity index (χ2v) is 4.92. The highest BCUT2D eigenvalue weighted by molar-refractivity contribution is 14.0. The van der Waals surface area contributed by atoms with Crippen LogP contribution < -0.4 is 5.32 Å². The SMILES string of the molecule is CN=C(NCc1cn(C)nc1C(F)(F)F)N(C)Cc1ccon1.I. The van der Waals surface area contributed by atoms with Gasteiger partial charge in [0.25, 0.3) is 0 Å². The number of rotatable bonds is 4. The molecule has 0 fully saturated rings. The summed E-state index contributed by atoms with van der Waals surface area (Å²) in [7, 11) is 4.75. The van der Waals surface area contributed by atoms with Gasteiger partial charge in [0.2, 0.25) is 0 Å². The summed E-state index contributed by atoms with van der Waals surface area (Å²) in [5.41, 5.74) is -0.161. The van der Waals surface area contributed by atoms with Crippen molar-refractivity contribution in [2.75, 3.05) is 14.1 Å². The first-order valence-corrected chi connectivity index (χ1v) is 6.72. The van der Waals surface area contributed by atoms with Gasteiger partial charge in [-0.1, -0.05) is 5.16 Å². The van der Waals surface area contributed by atoms with Crippen molar-refractivity contribution in [3.8, 4) is 0 Å². The molecule has 2 aromatic rings. The van der Waals surface area contributed by atoms with E-state index in [-0.39, 0.29) is 36.1 Å². The van der Waals surface area contributed by atoms with Crippen LogP contribution in [0.2, 0.25) is 0 Å². The Hall–Kier alpha value is -1.79. The first-order chi connectivity index (χ1) is 10.8. The molecule has 0 aliphatic rings. The molecule has 2 rings (SSSR count). The van der Waals surface area contributed by atoms with E-state index in [1.165, 1.54) is 19.5 Å². The van der Waals surface area contributed by atoms with Crippen LogP contribution in [0.3, 0.4) is 0 Å². The number of guanidine groups is 1. The molecule has 0 atom stereocenters. The largest absolute Gasteiger partial charge is 0.435 e. The van der Waals surface area contributed by atoms with Crippen LogP contribution in [-0.2, 0) is 26.3 Å². The third-order valence-electron chi connectivity index (χ3n) is 3.07. The lowest BCUT2D eigenvalue weighted by Crippen LogP contribution is -2.38. The van der Waals surface area contributed by atoms with Crippen LogP contribution in [0.4, 0.5) is 13.2 Å². The van der Waals surface area contributed by atoms with Gasteiger partial charge in [-0.15, -0.1) is 24.0 Å². The molecule has 2 aromatic heterocycles. The fraction of sp³-hybridized carbons (Fsp3) is 0.462. The molecule has 11 heteroatoms. The predicted octanol–water partition coefficient (Wildman–Crippen LogP) is 2.25. The van der Waals surface area contributed by atoms with Gasteiger partial charge in [-0.2, -0.15) is 18.3 Å². The fourth-order valence-corrected chi connectivity index (χ4v) is 2.10. The van der Waals surface area contributed by atoms with E-state index >= 15 is 0 Å². The average Bonchev–Trinajstić information content (AvgIpc) is 3.08. The molecule has 24 heavy (non-hydrogen) atoms. The van der Waals surface area contributed by atoms with Crippen molar-refractivity contribution in [3.05, 3.63) is 35.5 Å². The predicted molar refractivity (Wildman–Crippen MR) is 91.8 cm³/mol. The molecule has 0 bridgehead atoms. The van der Waals surface area contributed by atoms with E-state index in [2.05, 4.69) is 20.6 Å². The smallest absolute Gasteiger partial charge is 0.364 e. The first-order valence-electron chi connectivity index (χ1n) is 6.72. The van der Waals surface area contributed by atoms with E-state index in [1.807, 2.05) is 0 Å². The lowest BCUT2D eigenvalue weighted by molar-refractivity contribution is -0.142. The topological polar surface area (TPSA) is 71.5 Å². The molecule has 0 unspecified atom stereocenters. The Kier molecular flexibility index (Phi) is 7.05. The van der Waals surface area contributed by atoms with E-state index < -0.39 is 11.9 Å². The molecule has 0 saturated carbocycles. The van der Waals surface area contributed by atoms with Crippen molar-refractivity contribution in [1.82, 2.24) is 25.2 Å². The Morgan fingerprint density at radius 1 is 1.46 bits per heavy atom. The van der Waals surface area contributed by atoms with E-state index in [0.29, 0.717) is 18.2 Å². The molecule has 0 amide bonds. The van der Waals surface area contributed by atoms with Crippen LogP contribution in [0.15, 0.2) is 28.0 Å². The van der Waals surface area contributed by atoms with Crippen LogP contribution in [0.1, 0.15) is 17.0 Å². The molecule has 1 N–H and O–H groups in total. The number of halogens is 4. The molecule has 0 saturated heterocycles. The lowest BCUT2D eigenvalue weighted by Gasteiger charge is -2.21. The molecule has 0 aliphatic carbocycles. The van der Waals surface area contributed by atoms with Crippen LogP contribution in [-0.4, -0.2) is 39.9 Å². The minimum atomic E-state index is -4.49. The zero-order valence-corrected chi connectivity index (χ0v) is 15.7. The number of nitrogens with zero attached hydrogens (tertiary/aromatic N) is 5. The number of nitrogens with one attached hydrogen (secondary N) is 1. The number of hydrogen-bond donors (Lipinski definition) is 1. The average molecular weight is 458 g/mol. The first kappa shape index (κ1) is 20.3. The maximum atomic E-state index is 12.9. The van der Waals surface area contributed by atoms with E-state index in [9.17, 15) is 13.2 Å². The normalized spacial score (nSPS) is 12.0. The van der Waals surface area contributed by atoms with Crippen molar-refractivity contribution in [2.24, 2.45) is 12.0 Å². The number of hydrogen-bond acceptors (Lipinski definition) is 4. The van der Waals surface area contributed by atoms with E-state index in [0.717, 1.165) is 4.68 Å². The Morgan fingerprint density at radius 2 is 2.17 bits per heavy atom. The summed E-state index contributed by atoms with van der Waals surface area (Å²) in [4.78, 5) is 5.77. The van der Waals surface area contributed by atoms with Crippen LogP contribution in [0, 0.1) is 0 Å². The minimum Gasteiger partial charge on any atom is -0.364 e. The molecule has 134 valence electrons. The number of aliphatic imine (C=N–C) groups is 1. The highest BCUT2D eigenvalue weighted by atomic mass is 127. The van der Waals surface area contributed by atoms with Crippen molar-refractivity contribution in [3.63, 3.8) is 0 Å². The van der Waals surface area contributed by atoms with Crippen LogP contribution >= 0.6 is 24.0 Å². The summed E-state index contributed by atoms with van der Waals surface area (Å²) in [5, 5.41) is 10.1. The van der Waals surface area contributed by atoms with Crippen LogP contribution in [0.25, 0.3) is 0 Å². The van der Waals surface area contributed by atoms with Gasteiger partial charge >= 0.3 is 6.18 Å². The third-order valence-corrected chi connectivity index (χ3v) is 3.07. The van der Waals surface area contributed by atoms with Gasteiger partial charge < -0.3 is 14.7 Å². The quantitative estimate of drug-likeness (QED) is 0.433. The monoisotopic (exact) mass is 458 g/mol. The molecule has 0 aromatic carbocycles. The summed E-state index contributed by atoms with van der Waals surface area (Å²) in [6.07, 6.45) is -1.71. The van der Waals surface area contributed by atoms with Gasteiger partial charge in [0.05, 0.1) is 6.54 Å². The fourth-order valence-electron chi connectivity index (χ4n) is 2.10. The van der Waals surface area contributed by atoms with Crippen molar-refractivity contribution < 1.29 is 17.7 Å². The highest BCUT2D eigenvalue weighted by Crippen LogP contribution is 2.30. The molecule has 2 heterocycles. The van der Waals surface area contributed by atoms with Crippen LogP contribution in [0.5, 0.6) is 0 Å². The molecular formula is C13H18F3IN6O. The maximum absolute atomic E-state index is 12.9. The molecule has 0 aliphatic heterocycles.